The molecule has 3 rings (SSSR count). The van der Waals surface area contributed by atoms with Crippen LogP contribution in [0, 0.1) is 0 Å². The third-order valence-electron chi connectivity index (χ3n) is 3.44. The van der Waals surface area contributed by atoms with Crippen LogP contribution in [-0.4, -0.2) is 12.5 Å². The van der Waals surface area contributed by atoms with Crippen molar-refractivity contribution in [1.82, 2.24) is 5.32 Å². The fourth-order valence-electron chi connectivity index (χ4n) is 2.30. The molecule has 4 heteroatoms. The van der Waals surface area contributed by atoms with E-state index in [1.54, 1.807) is 11.3 Å². The number of carbonyl (C=O) groups is 1. The van der Waals surface area contributed by atoms with Crippen LogP contribution in [0.5, 0.6) is 5.75 Å². The highest BCUT2D eigenvalue weighted by Crippen LogP contribution is 2.21. The fourth-order valence-corrected chi connectivity index (χ4v) is 3.03. The molecule has 1 aromatic heterocycles. The van der Waals surface area contributed by atoms with E-state index in [0.717, 1.165) is 15.6 Å². The van der Waals surface area contributed by atoms with Crippen LogP contribution in [0.25, 0.3) is 10.8 Å². The van der Waals surface area contributed by atoms with Crippen LogP contribution in [0.1, 0.15) is 17.8 Å². The summed E-state index contributed by atoms with van der Waals surface area (Å²) in [6.45, 7) is 1.99. The Morgan fingerprint density at radius 2 is 1.95 bits per heavy atom. The first kappa shape index (κ1) is 14.6. The van der Waals surface area contributed by atoms with Gasteiger partial charge in [-0.05, 0) is 41.3 Å². The van der Waals surface area contributed by atoms with Crippen molar-refractivity contribution in [3.8, 4) is 5.75 Å². The zero-order chi connectivity index (χ0) is 15.4. The molecule has 3 nitrogen and oxygen atoms in total. The Labute approximate surface area is 133 Å². The second-order valence-corrected chi connectivity index (χ2v) is 6.08. The summed E-state index contributed by atoms with van der Waals surface area (Å²) in [6.07, 6.45) is 0. The first-order chi connectivity index (χ1) is 10.7. The van der Waals surface area contributed by atoms with E-state index in [9.17, 15) is 4.79 Å². The fraction of sp³-hybridized carbons (Fsp3) is 0.167. The number of amides is 1. The van der Waals surface area contributed by atoms with Gasteiger partial charge in [-0.1, -0.05) is 36.4 Å². The Kier molecular flexibility index (Phi) is 4.39. The molecule has 112 valence electrons. The topological polar surface area (TPSA) is 38.3 Å². The van der Waals surface area contributed by atoms with Crippen molar-refractivity contribution < 1.29 is 9.53 Å². The van der Waals surface area contributed by atoms with Crippen molar-refractivity contribution in [2.75, 3.05) is 6.61 Å². The first-order valence-electron chi connectivity index (χ1n) is 7.17. The smallest absolute Gasteiger partial charge is 0.258 e. The lowest BCUT2D eigenvalue weighted by Crippen LogP contribution is -2.30. The largest absolute Gasteiger partial charge is 0.484 e. The van der Waals surface area contributed by atoms with Crippen molar-refractivity contribution in [3.05, 3.63) is 64.9 Å². The lowest BCUT2D eigenvalue weighted by Gasteiger charge is -2.13. The minimum Gasteiger partial charge on any atom is -0.484 e. The second kappa shape index (κ2) is 6.62. The molecule has 1 unspecified atom stereocenters. The van der Waals surface area contributed by atoms with Crippen LogP contribution in [0.4, 0.5) is 0 Å². The number of rotatable bonds is 5. The number of nitrogens with one attached hydrogen (secondary N) is 1. The van der Waals surface area contributed by atoms with E-state index in [2.05, 4.69) is 11.4 Å². The molecule has 0 spiro atoms. The summed E-state index contributed by atoms with van der Waals surface area (Å²) < 4.78 is 5.59. The van der Waals surface area contributed by atoms with Gasteiger partial charge in [0.15, 0.2) is 6.61 Å². The van der Waals surface area contributed by atoms with Gasteiger partial charge in [-0.2, -0.15) is 0 Å². The van der Waals surface area contributed by atoms with Crippen LogP contribution in [0.3, 0.4) is 0 Å². The van der Waals surface area contributed by atoms with E-state index in [1.165, 1.54) is 0 Å². The molecule has 1 heterocycles. The van der Waals surface area contributed by atoms with Crippen molar-refractivity contribution in [1.29, 1.82) is 0 Å². The van der Waals surface area contributed by atoms with E-state index < -0.39 is 0 Å². The Balaban J connectivity index is 1.57. The SMILES string of the molecule is CC(NC(=O)COc1ccc2ccccc2c1)c1cccs1. The molecule has 1 atom stereocenters. The predicted octanol–water partition coefficient (Wildman–Crippen LogP) is 4.16. The number of ether oxygens (including phenoxy) is 1. The highest BCUT2D eigenvalue weighted by Gasteiger charge is 2.10. The number of thiophene rings is 1. The van der Waals surface area contributed by atoms with Gasteiger partial charge in [0.2, 0.25) is 0 Å². The summed E-state index contributed by atoms with van der Waals surface area (Å²) in [7, 11) is 0. The van der Waals surface area contributed by atoms with E-state index >= 15 is 0 Å². The molecule has 3 aromatic rings. The summed E-state index contributed by atoms with van der Waals surface area (Å²) in [5, 5.41) is 7.20. The lowest BCUT2D eigenvalue weighted by atomic mass is 10.1. The number of fused-ring (bicyclic) bond motifs is 1. The lowest BCUT2D eigenvalue weighted by molar-refractivity contribution is -0.123. The molecule has 0 aliphatic carbocycles. The third kappa shape index (κ3) is 3.46. The summed E-state index contributed by atoms with van der Waals surface area (Å²) in [5.41, 5.74) is 0. The van der Waals surface area contributed by atoms with E-state index in [4.69, 9.17) is 4.74 Å². The van der Waals surface area contributed by atoms with E-state index in [0.29, 0.717) is 5.75 Å². The molecule has 0 aliphatic heterocycles. The highest BCUT2D eigenvalue weighted by atomic mass is 32.1. The number of hydrogen-bond acceptors (Lipinski definition) is 3. The van der Waals surface area contributed by atoms with Crippen LogP contribution < -0.4 is 10.1 Å². The molecule has 0 radical (unpaired) electrons. The Hall–Kier alpha value is -2.33. The molecule has 0 saturated heterocycles. The zero-order valence-electron chi connectivity index (χ0n) is 12.3. The van der Waals surface area contributed by atoms with Crippen molar-refractivity contribution >= 4 is 28.0 Å². The molecule has 22 heavy (non-hydrogen) atoms. The summed E-state index contributed by atoms with van der Waals surface area (Å²) in [6, 6.07) is 17.9. The Morgan fingerprint density at radius 1 is 1.14 bits per heavy atom. The quantitative estimate of drug-likeness (QED) is 0.768. The van der Waals surface area contributed by atoms with E-state index in [1.807, 2.05) is 60.8 Å². The second-order valence-electron chi connectivity index (χ2n) is 5.10. The summed E-state index contributed by atoms with van der Waals surface area (Å²) >= 11 is 1.63. The first-order valence-corrected chi connectivity index (χ1v) is 8.05. The molecule has 0 saturated carbocycles. The zero-order valence-corrected chi connectivity index (χ0v) is 13.1. The van der Waals surface area contributed by atoms with Crippen LogP contribution in [0.2, 0.25) is 0 Å². The van der Waals surface area contributed by atoms with Crippen molar-refractivity contribution in [2.45, 2.75) is 13.0 Å². The summed E-state index contributed by atoms with van der Waals surface area (Å²) in [5.74, 6) is 0.590. The van der Waals surface area contributed by atoms with Gasteiger partial charge in [0.1, 0.15) is 5.75 Å². The van der Waals surface area contributed by atoms with E-state index in [-0.39, 0.29) is 18.6 Å². The van der Waals surface area contributed by atoms with Crippen LogP contribution in [-0.2, 0) is 4.79 Å². The maximum Gasteiger partial charge on any atom is 0.258 e. The van der Waals surface area contributed by atoms with Gasteiger partial charge >= 0.3 is 0 Å². The minimum absolute atomic E-state index is 0.00713. The number of carbonyl (C=O) groups excluding carboxylic acids is 1. The molecule has 0 aliphatic rings. The molecule has 1 amide bonds. The molecular formula is C18H17NO2S. The standard InChI is InChI=1S/C18H17NO2S/c1-13(17-7-4-10-22-17)19-18(20)12-21-16-9-8-14-5-2-3-6-15(14)11-16/h2-11,13H,12H2,1H3,(H,19,20). The van der Waals surface area contributed by atoms with Gasteiger partial charge < -0.3 is 10.1 Å². The Morgan fingerprint density at radius 3 is 2.73 bits per heavy atom. The van der Waals surface area contributed by atoms with Crippen molar-refractivity contribution in [2.24, 2.45) is 0 Å². The average Bonchev–Trinajstić information content (AvgIpc) is 3.07. The molecule has 0 bridgehead atoms. The normalized spacial score (nSPS) is 12.0. The minimum atomic E-state index is -0.117. The number of hydrogen-bond donors (Lipinski definition) is 1. The van der Waals surface area contributed by atoms with Crippen molar-refractivity contribution in [3.63, 3.8) is 0 Å². The van der Waals surface area contributed by atoms with Gasteiger partial charge in [0.25, 0.3) is 5.91 Å². The summed E-state index contributed by atoms with van der Waals surface area (Å²) in [4.78, 5) is 13.1. The Bertz CT molecular complexity index is 768. The average molecular weight is 311 g/mol. The van der Waals surface area contributed by atoms with Gasteiger partial charge in [0, 0.05) is 4.88 Å². The maximum absolute atomic E-state index is 12.0. The van der Waals surface area contributed by atoms with Gasteiger partial charge in [-0.15, -0.1) is 11.3 Å². The van der Waals surface area contributed by atoms with Gasteiger partial charge in [-0.25, -0.2) is 0 Å². The third-order valence-corrected chi connectivity index (χ3v) is 4.49. The van der Waals surface area contributed by atoms with Gasteiger partial charge in [-0.3, -0.25) is 4.79 Å². The molecule has 1 N–H and O–H groups in total. The van der Waals surface area contributed by atoms with Crippen LogP contribution in [0.15, 0.2) is 60.0 Å². The molecule has 0 fully saturated rings. The van der Waals surface area contributed by atoms with Crippen LogP contribution >= 0.6 is 11.3 Å². The monoisotopic (exact) mass is 311 g/mol. The predicted molar refractivity (Wildman–Crippen MR) is 90.3 cm³/mol. The van der Waals surface area contributed by atoms with Gasteiger partial charge in [0.05, 0.1) is 6.04 Å². The maximum atomic E-state index is 12.0. The molecular weight excluding hydrogens is 294 g/mol. The number of benzene rings is 2. The highest BCUT2D eigenvalue weighted by molar-refractivity contribution is 7.10. The molecule has 2 aromatic carbocycles.